The summed E-state index contributed by atoms with van der Waals surface area (Å²) >= 11 is 0. The van der Waals surface area contributed by atoms with E-state index < -0.39 is 10.8 Å². The molecule has 3 heteroatoms. The van der Waals surface area contributed by atoms with Crippen LogP contribution in [0.1, 0.15) is 45.2 Å². The standard InChI is InChI=1S/C16H27NOS/c1-4-11-17-16(15-9-7-6-8-10-15)13-19(18)12-14(3)5-2/h6-10,14,16-17H,4-5,11-13H2,1-3H3. The van der Waals surface area contributed by atoms with E-state index in [4.69, 9.17) is 0 Å². The van der Waals surface area contributed by atoms with Crippen LogP contribution in [-0.4, -0.2) is 22.3 Å². The average molecular weight is 281 g/mol. The maximum absolute atomic E-state index is 12.2. The molecule has 0 aliphatic rings. The summed E-state index contributed by atoms with van der Waals surface area (Å²) < 4.78 is 12.2. The normalized spacial score (nSPS) is 15.9. The molecule has 0 aliphatic heterocycles. The second-order valence-electron chi connectivity index (χ2n) is 5.20. The lowest BCUT2D eigenvalue weighted by molar-refractivity contribution is 0.564. The first-order valence-corrected chi connectivity index (χ1v) is 8.79. The predicted molar refractivity (Wildman–Crippen MR) is 84.8 cm³/mol. The highest BCUT2D eigenvalue weighted by Gasteiger charge is 2.15. The minimum absolute atomic E-state index is 0.214. The Balaban J connectivity index is 2.62. The summed E-state index contributed by atoms with van der Waals surface area (Å²) in [5.74, 6) is 2.07. The van der Waals surface area contributed by atoms with Gasteiger partial charge in [-0.3, -0.25) is 4.21 Å². The van der Waals surface area contributed by atoms with E-state index in [9.17, 15) is 4.21 Å². The van der Waals surface area contributed by atoms with Crippen molar-refractivity contribution >= 4 is 10.8 Å². The van der Waals surface area contributed by atoms with Gasteiger partial charge in [-0.05, 0) is 24.4 Å². The monoisotopic (exact) mass is 281 g/mol. The minimum atomic E-state index is -0.747. The van der Waals surface area contributed by atoms with Crippen LogP contribution >= 0.6 is 0 Å². The van der Waals surface area contributed by atoms with Crippen molar-refractivity contribution in [1.82, 2.24) is 5.32 Å². The van der Waals surface area contributed by atoms with E-state index in [1.54, 1.807) is 0 Å². The molecule has 0 heterocycles. The van der Waals surface area contributed by atoms with Crippen molar-refractivity contribution in [3.63, 3.8) is 0 Å². The molecule has 0 radical (unpaired) electrons. The lowest BCUT2D eigenvalue weighted by Gasteiger charge is -2.19. The number of hydrogen-bond acceptors (Lipinski definition) is 2. The zero-order valence-electron chi connectivity index (χ0n) is 12.4. The van der Waals surface area contributed by atoms with Gasteiger partial charge < -0.3 is 5.32 Å². The van der Waals surface area contributed by atoms with Crippen molar-refractivity contribution in [3.05, 3.63) is 35.9 Å². The van der Waals surface area contributed by atoms with Crippen molar-refractivity contribution in [1.29, 1.82) is 0 Å². The van der Waals surface area contributed by atoms with Gasteiger partial charge in [0.25, 0.3) is 0 Å². The molecule has 0 spiro atoms. The Labute approximate surface area is 120 Å². The van der Waals surface area contributed by atoms with Crippen LogP contribution in [0.4, 0.5) is 0 Å². The molecule has 1 aromatic carbocycles. The molecule has 0 saturated heterocycles. The molecular weight excluding hydrogens is 254 g/mol. The highest BCUT2D eigenvalue weighted by molar-refractivity contribution is 7.85. The summed E-state index contributed by atoms with van der Waals surface area (Å²) in [4.78, 5) is 0. The van der Waals surface area contributed by atoms with Crippen molar-refractivity contribution in [3.8, 4) is 0 Å². The smallest absolute Gasteiger partial charge is 0.0436 e. The third-order valence-electron chi connectivity index (χ3n) is 3.36. The van der Waals surface area contributed by atoms with Gasteiger partial charge in [0.05, 0.1) is 0 Å². The molecule has 0 saturated carbocycles. The topological polar surface area (TPSA) is 29.1 Å². The van der Waals surface area contributed by atoms with Gasteiger partial charge in [-0.25, -0.2) is 0 Å². The van der Waals surface area contributed by atoms with Gasteiger partial charge in [-0.1, -0.05) is 57.5 Å². The summed E-state index contributed by atoms with van der Waals surface area (Å²) in [5.41, 5.74) is 1.24. The molecule has 3 atom stereocenters. The summed E-state index contributed by atoms with van der Waals surface area (Å²) in [6, 6.07) is 10.6. The Morgan fingerprint density at radius 2 is 1.84 bits per heavy atom. The third kappa shape index (κ3) is 6.35. The summed E-state index contributed by atoms with van der Waals surface area (Å²) in [6.07, 6.45) is 2.20. The molecule has 0 aliphatic carbocycles. The molecule has 108 valence electrons. The van der Waals surface area contributed by atoms with E-state index in [1.807, 2.05) is 18.2 Å². The van der Waals surface area contributed by atoms with E-state index in [2.05, 4.69) is 38.2 Å². The first-order valence-electron chi connectivity index (χ1n) is 7.30. The summed E-state index contributed by atoms with van der Waals surface area (Å²) in [7, 11) is -0.747. The van der Waals surface area contributed by atoms with Crippen LogP contribution in [-0.2, 0) is 10.8 Å². The average Bonchev–Trinajstić information content (AvgIpc) is 2.44. The van der Waals surface area contributed by atoms with Crippen LogP contribution in [0.15, 0.2) is 30.3 Å². The van der Waals surface area contributed by atoms with Gasteiger partial charge >= 0.3 is 0 Å². The van der Waals surface area contributed by atoms with E-state index in [-0.39, 0.29) is 6.04 Å². The second-order valence-corrected chi connectivity index (χ2v) is 6.75. The molecular formula is C16H27NOS. The van der Waals surface area contributed by atoms with Crippen LogP contribution < -0.4 is 5.32 Å². The molecule has 0 bridgehead atoms. The van der Waals surface area contributed by atoms with Crippen LogP contribution in [0.25, 0.3) is 0 Å². The van der Waals surface area contributed by atoms with Crippen molar-refractivity contribution in [2.75, 3.05) is 18.1 Å². The van der Waals surface area contributed by atoms with Gasteiger partial charge in [0, 0.05) is 28.3 Å². The third-order valence-corrected chi connectivity index (χ3v) is 5.01. The number of benzene rings is 1. The lowest BCUT2D eigenvalue weighted by Crippen LogP contribution is -2.28. The maximum atomic E-state index is 12.2. The predicted octanol–water partition coefficient (Wildman–Crippen LogP) is 3.52. The fourth-order valence-electron chi connectivity index (χ4n) is 1.97. The molecule has 1 N–H and O–H groups in total. The molecule has 3 unspecified atom stereocenters. The van der Waals surface area contributed by atoms with Crippen molar-refractivity contribution < 1.29 is 4.21 Å². The van der Waals surface area contributed by atoms with Gasteiger partial charge in [0.2, 0.25) is 0 Å². The number of hydrogen-bond donors (Lipinski definition) is 1. The van der Waals surface area contributed by atoms with Crippen molar-refractivity contribution in [2.45, 2.75) is 39.7 Å². The van der Waals surface area contributed by atoms with Crippen LogP contribution in [0.3, 0.4) is 0 Å². The highest BCUT2D eigenvalue weighted by atomic mass is 32.2. The van der Waals surface area contributed by atoms with E-state index in [0.29, 0.717) is 11.7 Å². The van der Waals surface area contributed by atoms with Gasteiger partial charge in [0.1, 0.15) is 0 Å². The molecule has 19 heavy (non-hydrogen) atoms. The van der Waals surface area contributed by atoms with Crippen LogP contribution in [0.5, 0.6) is 0 Å². The lowest BCUT2D eigenvalue weighted by atomic mass is 10.1. The van der Waals surface area contributed by atoms with E-state index in [1.165, 1.54) is 5.56 Å². The van der Waals surface area contributed by atoms with Gasteiger partial charge in [0.15, 0.2) is 0 Å². The van der Waals surface area contributed by atoms with Gasteiger partial charge in [-0.15, -0.1) is 0 Å². The highest BCUT2D eigenvalue weighted by Crippen LogP contribution is 2.15. The maximum Gasteiger partial charge on any atom is 0.0436 e. The second kappa shape index (κ2) is 9.27. The summed E-state index contributed by atoms with van der Waals surface area (Å²) in [5, 5.41) is 3.51. The molecule has 2 nitrogen and oxygen atoms in total. The zero-order chi connectivity index (χ0) is 14.1. The SMILES string of the molecule is CCCNC(CS(=O)CC(C)CC)c1ccccc1. The largest absolute Gasteiger partial charge is 0.309 e. The molecule has 1 aromatic rings. The number of nitrogens with one attached hydrogen (secondary N) is 1. The Hall–Kier alpha value is -0.670. The van der Waals surface area contributed by atoms with E-state index >= 15 is 0 Å². The quantitative estimate of drug-likeness (QED) is 0.750. The Kier molecular flexibility index (Phi) is 7.99. The molecule has 1 rings (SSSR count). The van der Waals surface area contributed by atoms with E-state index in [0.717, 1.165) is 25.1 Å². The van der Waals surface area contributed by atoms with Crippen LogP contribution in [0.2, 0.25) is 0 Å². The van der Waals surface area contributed by atoms with Gasteiger partial charge in [-0.2, -0.15) is 0 Å². The zero-order valence-corrected chi connectivity index (χ0v) is 13.2. The number of rotatable bonds is 9. The molecule has 0 amide bonds. The molecule has 0 aromatic heterocycles. The Bertz CT molecular complexity index is 366. The Morgan fingerprint density at radius 1 is 1.16 bits per heavy atom. The Morgan fingerprint density at radius 3 is 2.42 bits per heavy atom. The first-order chi connectivity index (χ1) is 9.17. The minimum Gasteiger partial charge on any atom is -0.309 e. The fraction of sp³-hybridized carbons (Fsp3) is 0.625. The van der Waals surface area contributed by atoms with Crippen molar-refractivity contribution in [2.24, 2.45) is 5.92 Å². The first kappa shape index (κ1) is 16.4. The summed E-state index contributed by atoms with van der Waals surface area (Å²) in [6.45, 7) is 7.46. The van der Waals surface area contributed by atoms with Crippen LogP contribution in [0, 0.1) is 5.92 Å². The fourth-order valence-corrected chi connectivity index (χ4v) is 3.65. The molecule has 0 fully saturated rings.